The predicted molar refractivity (Wildman–Crippen MR) is 87.0 cm³/mol. The molecule has 1 amide bonds. The molecule has 22 heavy (non-hydrogen) atoms. The summed E-state index contributed by atoms with van der Waals surface area (Å²) in [6, 6.07) is 5.61. The molecule has 0 spiro atoms. The monoisotopic (exact) mass is 312 g/mol. The lowest BCUT2D eigenvalue weighted by atomic mass is 10.0. The Morgan fingerprint density at radius 2 is 2.23 bits per heavy atom. The SMILES string of the molecule is C#CCCC1(CCNC(=O)c2cccc3nc(C)sc23)N=N1. The van der Waals surface area contributed by atoms with E-state index < -0.39 is 0 Å². The molecule has 2 aromatic rings. The molecule has 6 heteroatoms. The number of terminal acetylenes is 1. The summed E-state index contributed by atoms with van der Waals surface area (Å²) in [5.41, 5.74) is 1.19. The number of hydrogen-bond donors (Lipinski definition) is 1. The molecule has 3 rings (SSSR count). The van der Waals surface area contributed by atoms with Gasteiger partial charge < -0.3 is 5.32 Å². The van der Waals surface area contributed by atoms with Crippen LogP contribution in [0.4, 0.5) is 0 Å². The Morgan fingerprint density at radius 1 is 1.41 bits per heavy atom. The molecular formula is C16H16N4OS. The van der Waals surface area contributed by atoms with Crippen LogP contribution in [0.25, 0.3) is 10.2 Å². The number of aromatic nitrogens is 1. The summed E-state index contributed by atoms with van der Waals surface area (Å²) in [7, 11) is 0. The topological polar surface area (TPSA) is 66.7 Å². The summed E-state index contributed by atoms with van der Waals surface area (Å²) in [5, 5.41) is 12.0. The largest absolute Gasteiger partial charge is 0.352 e. The molecule has 0 bridgehead atoms. The number of nitrogens with zero attached hydrogens (tertiary/aromatic N) is 3. The molecule has 0 fully saturated rings. The van der Waals surface area contributed by atoms with Gasteiger partial charge >= 0.3 is 0 Å². The Kier molecular flexibility index (Phi) is 3.90. The average molecular weight is 312 g/mol. The maximum atomic E-state index is 12.4. The molecule has 0 aliphatic carbocycles. The van der Waals surface area contributed by atoms with Crippen LogP contribution >= 0.6 is 11.3 Å². The molecule has 112 valence electrons. The van der Waals surface area contributed by atoms with Crippen LogP contribution in [0.2, 0.25) is 0 Å². The smallest absolute Gasteiger partial charge is 0.252 e. The van der Waals surface area contributed by atoms with Gasteiger partial charge in [-0.2, -0.15) is 10.2 Å². The number of thiazole rings is 1. The normalized spacial score (nSPS) is 14.7. The Balaban J connectivity index is 1.61. The van der Waals surface area contributed by atoms with Crippen molar-refractivity contribution in [3.8, 4) is 12.3 Å². The van der Waals surface area contributed by atoms with E-state index in [1.54, 1.807) is 0 Å². The number of nitrogens with one attached hydrogen (secondary N) is 1. The summed E-state index contributed by atoms with van der Waals surface area (Å²) in [6.45, 7) is 2.47. The van der Waals surface area contributed by atoms with Crippen molar-refractivity contribution in [3.63, 3.8) is 0 Å². The predicted octanol–water partition coefficient (Wildman–Crippen LogP) is 3.30. The highest BCUT2D eigenvalue weighted by atomic mass is 32.1. The van der Waals surface area contributed by atoms with Crippen LogP contribution in [0.3, 0.4) is 0 Å². The van der Waals surface area contributed by atoms with Gasteiger partial charge in [0.2, 0.25) is 0 Å². The van der Waals surface area contributed by atoms with E-state index in [9.17, 15) is 4.79 Å². The highest BCUT2D eigenvalue weighted by Crippen LogP contribution is 2.36. The molecular weight excluding hydrogens is 296 g/mol. The second-order valence-corrected chi connectivity index (χ2v) is 6.48. The van der Waals surface area contributed by atoms with Crippen LogP contribution in [0.5, 0.6) is 0 Å². The van der Waals surface area contributed by atoms with Gasteiger partial charge in [0.1, 0.15) is 0 Å². The summed E-state index contributed by atoms with van der Waals surface area (Å²) in [5.74, 6) is 2.52. The van der Waals surface area contributed by atoms with Crippen LogP contribution in [0, 0.1) is 19.3 Å². The molecule has 1 aromatic heterocycles. The van der Waals surface area contributed by atoms with Gasteiger partial charge in [-0.25, -0.2) is 4.98 Å². The minimum atomic E-state index is -0.354. The molecule has 2 heterocycles. The number of hydrogen-bond acceptors (Lipinski definition) is 5. The first-order valence-corrected chi connectivity index (χ1v) is 7.97. The quantitative estimate of drug-likeness (QED) is 0.832. The summed E-state index contributed by atoms with van der Waals surface area (Å²) < 4.78 is 0.931. The Morgan fingerprint density at radius 3 is 2.95 bits per heavy atom. The van der Waals surface area contributed by atoms with E-state index in [1.165, 1.54) is 11.3 Å². The lowest BCUT2D eigenvalue weighted by Crippen LogP contribution is -2.28. The van der Waals surface area contributed by atoms with E-state index in [0.717, 1.165) is 21.6 Å². The average Bonchev–Trinajstić information content (AvgIpc) is 3.16. The maximum absolute atomic E-state index is 12.4. The zero-order valence-corrected chi connectivity index (χ0v) is 13.1. The zero-order chi connectivity index (χ0) is 15.6. The standard InChI is InChI=1S/C16H16N4OS/c1-3-4-8-16(19-20-16)9-10-17-15(21)12-6-5-7-13-14(12)22-11(2)18-13/h1,5-7H,4,8-10H2,2H3,(H,17,21). The fourth-order valence-electron chi connectivity index (χ4n) is 2.38. The number of aryl methyl sites for hydroxylation is 1. The third-order valence-corrected chi connectivity index (χ3v) is 4.65. The van der Waals surface area contributed by atoms with Crippen molar-refractivity contribution < 1.29 is 4.79 Å². The lowest BCUT2D eigenvalue weighted by molar-refractivity contribution is 0.0953. The molecule has 0 atom stereocenters. The summed E-state index contributed by atoms with van der Waals surface area (Å²) in [4.78, 5) is 16.8. The van der Waals surface area contributed by atoms with Crippen molar-refractivity contribution in [3.05, 3.63) is 28.8 Å². The van der Waals surface area contributed by atoms with Crippen molar-refractivity contribution in [2.75, 3.05) is 6.54 Å². The van der Waals surface area contributed by atoms with Gasteiger partial charge in [-0.05, 0) is 19.1 Å². The third-order valence-electron chi connectivity index (χ3n) is 3.63. The second-order valence-electron chi connectivity index (χ2n) is 5.28. The molecule has 5 nitrogen and oxygen atoms in total. The molecule has 1 aliphatic rings. The van der Waals surface area contributed by atoms with E-state index >= 15 is 0 Å². The van der Waals surface area contributed by atoms with Crippen LogP contribution in [0.1, 0.15) is 34.6 Å². The van der Waals surface area contributed by atoms with E-state index in [1.807, 2.05) is 25.1 Å². The van der Waals surface area contributed by atoms with Gasteiger partial charge in [0.05, 0.1) is 20.8 Å². The Bertz CT molecular complexity index is 781. The van der Waals surface area contributed by atoms with Gasteiger partial charge in [0.15, 0.2) is 5.66 Å². The fraction of sp³-hybridized carbons (Fsp3) is 0.375. The number of amides is 1. The first kappa shape index (κ1) is 14.7. The summed E-state index contributed by atoms with van der Waals surface area (Å²) in [6.07, 6.45) is 7.36. The van der Waals surface area contributed by atoms with Crippen LogP contribution in [0.15, 0.2) is 28.4 Å². The molecule has 1 N–H and O–H groups in total. The van der Waals surface area contributed by atoms with Crippen LogP contribution < -0.4 is 5.32 Å². The first-order valence-electron chi connectivity index (χ1n) is 7.15. The highest BCUT2D eigenvalue weighted by Gasteiger charge is 2.38. The number of fused-ring (bicyclic) bond motifs is 1. The van der Waals surface area contributed by atoms with E-state index in [-0.39, 0.29) is 11.6 Å². The number of carbonyl (C=O) groups is 1. The molecule has 1 aromatic carbocycles. The van der Waals surface area contributed by atoms with E-state index in [4.69, 9.17) is 6.42 Å². The Hall–Kier alpha value is -2.26. The summed E-state index contributed by atoms with van der Waals surface area (Å²) >= 11 is 1.54. The van der Waals surface area contributed by atoms with Crippen molar-refractivity contribution in [1.29, 1.82) is 0 Å². The number of benzene rings is 1. The van der Waals surface area contributed by atoms with Gasteiger partial charge in [0.25, 0.3) is 5.91 Å². The van der Waals surface area contributed by atoms with Crippen molar-refractivity contribution in [1.82, 2.24) is 10.3 Å². The highest BCUT2D eigenvalue weighted by molar-refractivity contribution is 7.18. The Labute approximate surface area is 132 Å². The first-order chi connectivity index (χ1) is 10.6. The van der Waals surface area contributed by atoms with Crippen molar-refractivity contribution in [2.45, 2.75) is 31.8 Å². The molecule has 0 saturated carbocycles. The number of carbonyl (C=O) groups excluding carboxylic acids is 1. The third kappa shape index (κ3) is 3.00. The van der Waals surface area contributed by atoms with Crippen molar-refractivity contribution in [2.24, 2.45) is 10.2 Å². The zero-order valence-electron chi connectivity index (χ0n) is 12.3. The van der Waals surface area contributed by atoms with Crippen LogP contribution in [-0.2, 0) is 0 Å². The van der Waals surface area contributed by atoms with E-state index in [0.29, 0.717) is 24.9 Å². The minimum Gasteiger partial charge on any atom is -0.352 e. The van der Waals surface area contributed by atoms with Gasteiger partial charge in [-0.3, -0.25) is 4.79 Å². The molecule has 1 aliphatic heterocycles. The molecule has 0 unspecified atom stereocenters. The lowest BCUT2D eigenvalue weighted by Gasteiger charge is -2.10. The second kappa shape index (κ2) is 5.85. The van der Waals surface area contributed by atoms with Gasteiger partial charge in [-0.15, -0.1) is 23.7 Å². The van der Waals surface area contributed by atoms with Crippen LogP contribution in [-0.4, -0.2) is 23.1 Å². The maximum Gasteiger partial charge on any atom is 0.252 e. The minimum absolute atomic E-state index is 0.0815. The fourth-order valence-corrected chi connectivity index (χ4v) is 3.31. The van der Waals surface area contributed by atoms with Crippen molar-refractivity contribution >= 4 is 27.5 Å². The molecule has 0 radical (unpaired) electrons. The van der Waals surface area contributed by atoms with E-state index in [2.05, 4.69) is 26.4 Å². The van der Waals surface area contributed by atoms with Gasteiger partial charge in [0, 0.05) is 25.8 Å². The molecule has 0 saturated heterocycles. The van der Waals surface area contributed by atoms with Gasteiger partial charge in [-0.1, -0.05) is 6.07 Å². The number of rotatable bonds is 6.